The summed E-state index contributed by atoms with van der Waals surface area (Å²) in [4.78, 5) is 95.7. The lowest BCUT2D eigenvalue weighted by Gasteiger charge is -2.22. The van der Waals surface area contributed by atoms with Crippen LogP contribution in [-0.2, 0) is 76.6 Å². The Morgan fingerprint density at radius 3 is 0.645 bits per heavy atom. The van der Waals surface area contributed by atoms with Crippen molar-refractivity contribution >= 4 is 47.8 Å². The van der Waals surface area contributed by atoms with Crippen LogP contribution in [-0.4, -0.2) is 119 Å². The van der Waals surface area contributed by atoms with Crippen LogP contribution in [0, 0.1) is 34.6 Å². The summed E-state index contributed by atoms with van der Waals surface area (Å²) in [6.07, 6.45) is 32.9. The molecule has 0 saturated heterocycles. The molecular formula is C88H136O22. The lowest BCUT2D eigenvalue weighted by atomic mass is 9.96. The minimum absolute atomic E-state index is 0.157. The predicted molar refractivity (Wildman–Crippen MR) is 430 cm³/mol. The summed E-state index contributed by atoms with van der Waals surface area (Å²) in [7, 11) is 14.9. The molecule has 22 nitrogen and oxygen atoms in total. The van der Waals surface area contributed by atoms with Gasteiger partial charge in [0.1, 0.15) is 0 Å². The molecule has 620 valence electrons. The molecule has 0 fully saturated rings. The van der Waals surface area contributed by atoms with E-state index in [1.165, 1.54) is 53.8 Å². The zero-order chi connectivity index (χ0) is 82.5. The number of hydrogen-bond acceptors (Lipinski definition) is 22. The second-order valence-corrected chi connectivity index (χ2v) is 28.2. The minimum Gasteiger partial charge on any atom is -0.492 e. The first-order valence-corrected chi connectivity index (χ1v) is 39.4. The molecule has 0 radical (unpaired) electrons. The molecule has 0 saturated carbocycles. The van der Waals surface area contributed by atoms with E-state index >= 15 is 0 Å². The van der Waals surface area contributed by atoms with Crippen LogP contribution in [0.1, 0.15) is 292 Å². The summed E-state index contributed by atoms with van der Waals surface area (Å²) in [6, 6.07) is 0. The molecule has 0 aliphatic heterocycles. The summed E-state index contributed by atoms with van der Waals surface area (Å²) in [5.41, 5.74) is 10.8. The fourth-order valence-electron chi connectivity index (χ4n) is 12.3. The number of hydrogen-bond donors (Lipinski definition) is 0. The third kappa shape index (κ3) is 38.4. The van der Waals surface area contributed by atoms with Crippen molar-refractivity contribution in [2.45, 2.75) is 301 Å². The summed E-state index contributed by atoms with van der Waals surface area (Å²) in [5, 5.41) is 0. The number of methoxy groups -OCH3 is 10. The standard InChI is InChI=1S/C36H56O10.2C26H40O6/c1-26(2)24-25-28-27(3)33(45-31(39)22-18-14-10-8-12-16-20-29(37)41-4)35(43-6)36(44-7)34(28)46-32(40)23-19-15-11-9-13-17-21-30(38)42-5;1-18(2)16-17-21-19(3)24(30-6)26(31-7)25(20(21)4)32-23(28)15-13-11-9-8-10-12-14-22(27)29-5;1-18(2)16-17-21-19(3)20(4)24(30-6)26(31-7)25(21)32-23(28)15-13-11-9-8-10-12-14-22(27)29-5/h24H,8-23,25H2,1-7H3;2*16H,8-15,17H2,1-7H3. The molecule has 3 rings (SSSR count). The molecular weight excluding hydrogens is 1410 g/mol. The zero-order valence-electron chi connectivity index (χ0n) is 71.0. The Bertz CT molecular complexity index is 3410. The number of allylic oxidation sites excluding steroid dienone is 6. The lowest BCUT2D eigenvalue weighted by Crippen LogP contribution is -2.14. The highest BCUT2D eigenvalue weighted by molar-refractivity contribution is 5.81. The Morgan fingerprint density at radius 2 is 0.391 bits per heavy atom. The van der Waals surface area contributed by atoms with Gasteiger partial charge in [-0.25, -0.2) is 0 Å². The molecule has 0 spiro atoms. The van der Waals surface area contributed by atoms with Gasteiger partial charge in [0.15, 0.2) is 34.5 Å². The van der Waals surface area contributed by atoms with Gasteiger partial charge in [0.25, 0.3) is 0 Å². The monoisotopic (exact) mass is 1540 g/mol. The first-order valence-electron chi connectivity index (χ1n) is 39.4. The number of carbonyl (C=O) groups is 8. The van der Waals surface area contributed by atoms with E-state index in [0.29, 0.717) is 110 Å². The van der Waals surface area contributed by atoms with Crippen LogP contribution in [0.4, 0.5) is 0 Å². The summed E-state index contributed by atoms with van der Waals surface area (Å²) in [6.45, 7) is 22.0. The van der Waals surface area contributed by atoms with E-state index in [-0.39, 0.29) is 83.6 Å². The van der Waals surface area contributed by atoms with E-state index in [2.05, 4.69) is 44.9 Å². The summed E-state index contributed by atoms with van der Waals surface area (Å²) >= 11 is 0. The highest BCUT2D eigenvalue weighted by atomic mass is 16.6. The van der Waals surface area contributed by atoms with Crippen LogP contribution >= 0.6 is 0 Å². The number of esters is 8. The smallest absolute Gasteiger partial charge is 0.311 e. The fraction of sp³-hybridized carbons (Fsp3) is 0.636. The van der Waals surface area contributed by atoms with Crippen molar-refractivity contribution < 1.29 is 105 Å². The molecule has 0 aliphatic carbocycles. The molecule has 3 aromatic rings. The molecule has 0 atom stereocenters. The van der Waals surface area contributed by atoms with Crippen molar-refractivity contribution in [1.82, 2.24) is 0 Å². The van der Waals surface area contributed by atoms with Gasteiger partial charge in [-0.05, 0) is 175 Å². The summed E-state index contributed by atoms with van der Waals surface area (Å²) < 4.78 is 75.7. The highest BCUT2D eigenvalue weighted by Gasteiger charge is 2.30. The largest absolute Gasteiger partial charge is 0.492 e. The van der Waals surface area contributed by atoms with Crippen molar-refractivity contribution in [3.8, 4) is 57.5 Å². The Kier molecular flexibility index (Phi) is 52.8. The molecule has 0 heterocycles. The highest BCUT2D eigenvalue weighted by Crippen LogP contribution is 2.51. The summed E-state index contributed by atoms with van der Waals surface area (Å²) in [5.74, 6) is 1.99. The number of ether oxygens (including phenoxy) is 14. The van der Waals surface area contributed by atoms with Crippen LogP contribution in [0.25, 0.3) is 0 Å². The molecule has 110 heavy (non-hydrogen) atoms. The van der Waals surface area contributed by atoms with Crippen molar-refractivity contribution in [2.75, 3.05) is 71.1 Å². The number of carbonyl (C=O) groups excluding carboxylic acids is 8. The van der Waals surface area contributed by atoms with Gasteiger partial charge in [-0.2, -0.15) is 0 Å². The molecule has 0 aromatic heterocycles. The maximum absolute atomic E-state index is 13.0. The SMILES string of the molecule is COC(=O)CCCCCCCCC(=O)Oc1c(C)c(CC=C(C)C)c(C)c(OC)c1OC.COC(=O)CCCCCCCCC(=O)Oc1c(C)c(CC=C(C)C)c(OC(=O)CCCCCCCCC(=O)OC)c(OC)c1OC.COC(=O)CCCCCCCCC(=O)Oc1c(CC=C(C)C)c(C)c(C)c(OC)c1OC. The van der Waals surface area contributed by atoms with Crippen molar-refractivity contribution in [1.29, 1.82) is 0 Å². The number of rotatable bonds is 52. The second kappa shape index (κ2) is 58.4. The fourth-order valence-corrected chi connectivity index (χ4v) is 12.3. The van der Waals surface area contributed by atoms with Crippen LogP contribution in [0.5, 0.6) is 57.5 Å². The van der Waals surface area contributed by atoms with Crippen molar-refractivity contribution in [3.63, 3.8) is 0 Å². The Morgan fingerprint density at radius 1 is 0.209 bits per heavy atom. The number of unbranched alkanes of at least 4 members (excludes halogenated alkanes) is 20. The maximum atomic E-state index is 13.0. The van der Waals surface area contributed by atoms with Gasteiger partial charge in [0.2, 0.25) is 23.0 Å². The van der Waals surface area contributed by atoms with Crippen LogP contribution in [0.2, 0.25) is 0 Å². The molecule has 3 aromatic carbocycles. The first-order chi connectivity index (χ1) is 52.6. The minimum atomic E-state index is -0.377. The molecule has 0 unspecified atom stereocenters. The zero-order valence-corrected chi connectivity index (χ0v) is 71.0. The van der Waals surface area contributed by atoms with Gasteiger partial charge in [0, 0.05) is 68.1 Å². The third-order valence-corrected chi connectivity index (χ3v) is 18.9. The molecule has 22 heteroatoms. The van der Waals surface area contributed by atoms with E-state index < -0.39 is 0 Å². The van der Waals surface area contributed by atoms with E-state index in [9.17, 15) is 38.4 Å². The third-order valence-electron chi connectivity index (χ3n) is 18.9. The average Bonchev–Trinajstić information content (AvgIpc) is 1.58. The maximum Gasteiger partial charge on any atom is 0.311 e. The van der Waals surface area contributed by atoms with Crippen LogP contribution in [0.15, 0.2) is 34.9 Å². The van der Waals surface area contributed by atoms with Gasteiger partial charge in [-0.1, -0.05) is 138 Å². The van der Waals surface area contributed by atoms with Gasteiger partial charge >= 0.3 is 47.8 Å². The predicted octanol–water partition coefficient (Wildman–Crippen LogP) is 20.0. The van der Waals surface area contributed by atoms with Crippen LogP contribution < -0.4 is 47.4 Å². The van der Waals surface area contributed by atoms with E-state index in [4.69, 9.17) is 47.4 Å². The normalized spacial score (nSPS) is 10.5. The Balaban J connectivity index is 0.000000847. The van der Waals surface area contributed by atoms with Crippen molar-refractivity contribution in [2.24, 2.45) is 0 Å². The second-order valence-electron chi connectivity index (χ2n) is 28.2. The van der Waals surface area contributed by atoms with E-state index in [1.807, 2.05) is 68.4 Å². The molecule has 0 amide bonds. The Hall–Kier alpha value is -8.56. The Labute approximate surface area is 658 Å². The molecule has 0 N–H and O–H groups in total. The molecule has 0 aliphatic rings. The van der Waals surface area contributed by atoms with Gasteiger partial charge in [0.05, 0.1) is 71.1 Å². The van der Waals surface area contributed by atoms with E-state index in [0.717, 1.165) is 187 Å². The lowest BCUT2D eigenvalue weighted by molar-refractivity contribution is -0.141. The van der Waals surface area contributed by atoms with Crippen molar-refractivity contribution in [3.05, 3.63) is 79.5 Å². The quantitative estimate of drug-likeness (QED) is 0.0167. The molecule has 0 bridgehead atoms. The van der Waals surface area contributed by atoms with Crippen LogP contribution in [0.3, 0.4) is 0 Å². The van der Waals surface area contributed by atoms with Gasteiger partial charge < -0.3 is 66.3 Å². The van der Waals surface area contributed by atoms with E-state index in [1.54, 1.807) is 28.4 Å². The average molecular weight is 1550 g/mol. The van der Waals surface area contributed by atoms with Gasteiger partial charge in [-0.15, -0.1) is 0 Å². The number of benzene rings is 3. The first kappa shape index (κ1) is 99.4. The topological polar surface area (TPSA) is 266 Å². The van der Waals surface area contributed by atoms with Gasteiger partial charge in [-0.3, -0.25) is 38.4 Å².